The number of amides is 2. The summed E-state index contributed by atoms with van der Waals surface area (Å²) >= 11 is 0. The highest BCUT2D eigenvalue weighted by atomic mass is 19.1. The van der Waals surface area contributed by atoms with E-state index in [2.05, 4.69) is 5.32 Å². The van der Waals surface area contributed by atoms with Crippen LogP contribution in [-0.2, 0) is 0 Å². The highest BCUT2D eigenvalue weighted by Crippen LogP contribution is 2.29. The van der Waals surface area contributed by atoms with Gasteiger partial charge in [0, 0.05) is 13.2 Å². The first-order valence-corrected chi connectivity index (χ1v) is 11.2. The molecule has 1 aliphatic rings. The van der Waals surface area contributed by atoms with Gasteiger partial charge in [-0.05, 0) is 66.3 Å². The third kappa shape index (κ3) is 6.39. The Morgan fingerprint density at radius 3 is 1.91 bits per heavy atom. The Hall–Kier alpha value is -3.25. The van der Waals surface area contributed by atoms with Crippen molar-refractivity contribution in [2.45, 2.75) is 38.8 Å². The van der Waals surface area contributed by atoms with Crippen LogP contribution < -0.4 is 5.32 Å². The van der Waals surface area contributed by atoms with Gasteiger partial charge in [0.25, 0.3) is 0 Å². The Morgan fingerprint density at radius 1 is 0.939 bits per heavy atom. The van der Waals surface area contributed by atoms with E-state index in [1.807, 2.05) is 43.0 Å². The van der Waals surface area contributed by atoms with Gasteiger partial charge in [-0.25, -0.2) is 13.6 Å². The first-order chi connectivity index (χ1) is 15.9. The van der Waals surface area contributed by atoms with Gasteiger partial charge in [0.1, 0.15) is 11.6 Å². The van der Waals surface area contributed by atoms with Crippen LogP contribution in [0.1, 0.15) is 49.9 Å². The fourth-order valence-corrected chi connectivity index (χ4v) is 3.76. The molecule has 2 amide bonds. The molecule has 2 N–H and O–H groups in total. The Labute approximate surface area is 193 Å². The van der Waals surface area contributed by atoms with Crippen LogP contribution in [0.25, 0.3) is 11.1 Å². The summed E-state index contributed by atoms with van der Waals surface area (Å²) in [5, 5.41) is 10.9. The molecule has 6 heteroatoms. The highest BCUT2D eigenvalue weighted by molar-refractivity contribution is 5.76. The normalized spacial score (nSPS) is 16.5. The molecule has 0 saturated carbocycles. The van der Waals surface area contributed by atoms with E-state index in [1.54, 1.807) is 24.3 Å². The van der Waals surface area contributed by atoms with E-state index in [9.17, 15) is 13.6 Å². The molecule has 0 aromatic heterocycles. The molecule has 3 aromatic carbocycles. The lowest BCUT2D eigenvalue weighted by atomic mass is 9.98. The van der Waals surface area contributed by atoms with E-state index in [1.165, 1.54) is 24.3 Å². The third-order valence-corrected chi connectivity index (χ3v) is 5.75. The summed E-state index contributed by atoms with van der Waals surface area (Å²) < 4.78 is 26.2. The van der Waals surface area contributed by atoms with Crippen LogP contribution in [-0.4, -0.2) is 29.2 Å². The summed E-state index contributed by atoms with van der Waals surface area (Å²) in [6, 6.07) is 20.3. The van der Waals surface area contributed by atoms with Crippen LogP contribution in [0.3, 0.4) is 0 Å². The quantitative estimate of drug-likeness (QED) is 0.482. The van der Waals surface area contributed by atoms with E-state index in [0.29, 0.717) is 13.2 Å². The maximum Gasteiger partial charge on any atom is 0.318 e. The van der Waals surface area contributed by atoms with Gasteiger partial charge in [0.05, 0.1) is 12.1 Å². The predicted molar refractivity (Wildman–Crippen MR) is 127 cm³/mol. The van der Waals surface area contributed by atoms with Crippen molar-refractivity contribution in [3.63, 3.8) is 0 Å². The zero-order chi connectivity index (χ0) is 23.8. The number of aliphatic hydroxyl groups is 1. The van der Waals surface area contributed by atoms with Gasteiger partial charge in [-0.1, -0.05) is 55.5 Å². The Kier molecular flexibility index (Phi) is 8.55. The number of halogens is 2. The molecule has 174 valence electrons. The summed E-state index contributed by atoms with van der Waals surface area (Å²) in [5.74, 6) is -0.538. The smallest absolute Gasteiger partial charge is 0.318 e. The molecule has 0 radical (unpaired) electrons. The van der Waals surface area contributed by atoms with Crippen LogP contribution in [0.5, 0.6) is 0 Å². The monoisotopic (exact) mass is 452 g/mol. The molecule has 1 fully saturated rings. The molecule has 4 rings (SSSR count). The first kappa shape index (κ1) is 24.4. The molecule has 1 saturated heterocycles. The second-order valence-electron chi connectivity index (χ2n) is 8.06. The maximum atomic E-state index is 13.1. The highest BCUT2D eigenvalue weighted by Gasteiger charge is 2.29. The topological polar surface area (TPSA) is 52.6 Å². The molecule has 4 nitrogen and oxygen atoms in total. The second-order valence-corrected chi connectivity index (χ2v) is 8.06. The van der Waals surface area contributed by atoms with Crippen molar-refractivity contribution in [1.29, 1.82) is 0 Å². The number of hydrogen-bond donors (Lipinski definition) is 2. The molecule has 33 heavy (non-hydrogen) atoms. The number of nitrogens with one attached hydrogen (secondary N) is 1. The predicted octanol–water partition coefficient (Wildman–Crippen LogP) is 6.24. The Morgan fingerprint density at radius 2 is 1.42 bits per heavy atom. The molecule has 2 atom stereocenters. The van der Waals surface area contributed by atoms with Gasteiger partial charge in [-0.15, -0.1) is 0 Å². The molecule has 0 bridgehead atoms. The third-order valence-electron chi connectivity index (χ3n) is 5.75. The average Bonchev–Trinajstić information content (AvgIpc) is 2.85. The molecule has 1 heterocycles. The first-order valence-electron chi connectivity index (χ1n) is 11.2. The van der Waals surface area contributed by atoms with Gasteiger partial charge in [0.15, 0.2) is 0 Å². The van der Waals surface area contributed by atoms with Crippen molar-refractivity contribution >= 4 is 6.03 Å². The number of nitrogens with zero attached hydrogens (tertiary/aromatic N) is 1. The summed E-state index contributed by atoms with van der Waals surface area (Å²) in [7, 11) is 0. The molecular weight excluding hydrogens is 422 g/mol. The van der Waals surface area contributed by atoms with E-state index in [-0.39, 0.29) is 29.7 Å². The van der Waals surface area contributed by atoms with Crippen LogP contribution >= 0.6 is 0 Å². The Bertz CT molecular complexity index is 1020. The number of hydrogen-bond acceptors (Lipinski definition) is 2. The Balaban J connectivity index is 0.000000709. The number of aliphatic hydroxyl groups excluding tert-OH is 1. The SMILES string of the molecule is CC(c1ccc(-c2ccc(F)cc2)cc1)N1CCC(c2ccc(F)cc2)NC1=O.CCCO. The van der Waals surface area contributed by atoms with Crippen molar-refractivity contribution in [2.75, 3.05) is 13.2 Å². The standard InChI is InChI=1S/C24H22F2N2O.C3H8O/c1-16(17-2-4-18(5-3-17)19-6-10-21(25)11-7-19)28-15-14-23(27-24(28)29)20-8-12-22(26)13-9-20;1-2-3-4/h2-13,16,23H,14-15H2,1H3,(H,27,29);4H,2-3H2,1H3. The lowest BCUT2D eigenvalue weighted by molar-refractivity contribution is 0.154. The fourth-order valence-electron chi connectivity index (χ4n) is 3.76. The molecule has 1 aliphatic heterocycles. The molecular formula is C27H30F2N2O2. The van der Waals surface area contributed by atoms with Crippen molar-refractivity contribution in [3.8, 4) is 11.1 Å². The number of carbonyl (C=O) groups excluding carboxylic acids is 1. The zero-order valence-corrected chi connectivity index (χ0v) is 19.0. The van der Waals surface area contributed by atoms with E-state index in [4.69, 9.17) is 5.11 Å². The number of urea groups is 1. The maximum absolute atomic E-state index is 13.1. The van der Waals surface area contributed by atoms with Crippen molar-refractivity contribution < 1.29 is 18.7 Å². The largest absolute Gasteiger partial charge is 0.396 e. The summed E-state index contributed by atoms with van der Waals surface area (Å²) in [6.45, 7) is 4.87. The minimum Gasteiger partial charge on any atom is -0.396 e. The lowest BCUT2D eigenvalue weighted by Gasteiger charge is -2.37. The van der Waals surface area contributed by atoms with Gasteiger partial charge in [-0.2, -0.15) is 0 Å². The van der Waals surface area contributed by atoms with Crippen LogP contribution in [0.4, 0.5) is 13.6 Å². The minimum absolute atomic E-state index is 0.0774. The van der Waals surface area contributed by atoms with Gasteiger partial charge in [0.2, 0.25) is 0 Å². The summed E-state index contributed by atoms with van der Waals surface area (Å²) in [4.78, 5) is 14.5. The summed E-state index contributed by atoms with van der Waals surface area (Å²) in [6.07, 6.45) is 1.63. The van der Waals surface area contributed by atoms with Crippen LogP contribution in [0, 0.1) is 11.6 Å². The van der Waals surface area contributed by atoms with E-state index < -0.39 is 0 Å². The fraction of sp³-hybridized carbons (Fsp3) is 0.296. The average molecular weight is 453 g/mol. The second kappa shape index (κ2) is 11.6. The van der Waals surface area contributed by atoms with Crippen LogP contribution in [0.2, 0.25) is 0 Å². The minimum atomic E-state index is -0.282. The van der Waals surface area contributed by atoms with Gasteiger partial charge >= 0.3 is 6.03 Å². The molecule has 2 unspecified atom stereocenters. The molecule has 0 spiro atoms. The zero-order valence-electron chi connectivity index (χ0n) is 19.0. The molecule has 0 aliphatic carbocycles. The van der Waals surface area contributed by atoms with Crippen molar-refractivity contribution in [3.05, 3.63) is 95.6 Å². The van der Waals surface area contributed by atoms with E-state index >= 15 is 0 Å². The van der Waals surface area contributed by atoms with Gasteiger partial charge in [-0.3, -0.25) is 0 Å². The number of benzene rings is 3. The lowest BCUT2D eigenvalue weighted by Crippen LogP contribution is -2.48. The number of carbonyl (C=O) groups is 1. The number of rotatable bonds is 5. The van der Waals surface area contributed by atoms with Crippen molar-refractivity contribution in [2.24, 2.45) is 0 Å². The van der Waals surface area contributed by atoms with Crippen molar-refractivity contribution in [1.82, 2.24) is 10.2 Å². The van der Waals surface area contributed by atoms with Crippen LogP contribution in [0.15, 0.2) is 72.8 Å². The van der Waals surface area contributed by atoms with E-state index in [0.717, 1.165) is 35.1 Å². The van der Waals surface area contributed by atoms with Gasteiger partial charge < -0.3 is 15.3 Å². The molecule has 3 aromatic rings. The summed E-state index contributed by atoms with van der Waals surface area (Å²) in [5.41, 5.74) is 3.89.